The molecule has 2 aromatic rings. The van der Waals surface area contributed by atoms with Gasteiger partial charge < -0.3 is 10.4 Å². The van der Waals surface area contributed by atoms with Crippen LogP contribution in [0.2, 0.25) is 5.02 Å². The zero-order chi connectivity index (χ0) is 15.7. The molecule has 110 valence electrons. The molecule has 0 unspecified atom stereocenters. The molecule has 0 aliphatic heterocycles. The molecule has 1 aromatic carbocycles. The molecule has 0 saturated heterocycles. The van der Waals surface area contributed by atoms with E-state index in [0.29, 0.717) is 21.2 Å². The van der Waals surface area contributed by atoms with Crippen molar-refractivity contribution < 1.29 is 14.7 Å². The summed E-state index contributed by atoms with van der Waals surface area (Å²) >= 11 is 7.19. The number of carbonyl (C=O) groups excluding carboxylic acids is 1. The Morgan fingerprint density at radius 1 is 1.19 bits per heavy atom. The number of benzene rings is 1. The van der Waals surface area contributed by atoms with Crippen LogP contribution in [-0.4, -0.2) is 17.0 Å². The van der Waals surface area contributed by atoms with Crippen molar-refractivity contribution in [1.82, 2.24) is 0 Å². The maximum absolute atomic E-state index is 12.3. The molecule has 0 fully saturated rings. The highest BCUT2D eigenvalue weighted by Gasteiger charge is 2.20. The fourth-order valence-electron chi connectivity index (χ4n) is 2.02. The van der Waals surface area contributed by atoms with Crippen LogP contribution in [0, 0.1) is 20.8 Å². The summed E-state index contributed by atoms with van der Waals surface area (Å²) in [7, 11) is 0. The van der Waals surface area contributed by atoms with Gasteiger partial charge in [-0.3, -0.25) is 4.79 Å². The van der Waals surface area contributed by atoms with Crippen molar-refractivity contribution in [2.24, 2.45) is 0 Å². The zero-order valence-electron chi connectivity index (χ0n) is 11.8. The molecule has 2 N–H and O–H groups in total. The summed E-state index contributed by atoms with van der Waals surface area (Å²) in [5.74, 6) is -1.42. The van der Waals surface area contributed by atoms with Gasteiger partial charge in [0.15, 0.2) is 0 Å². The van der Waals surface area contributed by atoms with Crippen LogP contribution in [0.25, 0.3) is 0 Å². The van der Waals surface area contributed by atoms with E-state index in [0.717, 1.165) is 10.4 Å². The average Bonchev–Trinajstić information content (AvgIpc) is 2.63. The van der Waals surface area contributed by atoms with Crippen molar-refractivity contribution in [3.8, 4) is 0 Å². The number of thiophene rings is 1. The van der Waals surface area contributed by atoms with E-state index >= 15 is 0 Å². The number of carbonyl (C=O) groups is 2. The van der Waals surface area contributed by atoms with E-state index in [1.807, 2.05) is 13.8 Å². The van der Waals surface area contributed by atoms with Gasteiger partial charge >= 0.3 is 5.97 Å². The summed E-state index contributed by atoms with van der Waals surface area (Å²) in [5.41, 5.74) is 2.08. The summed E-state index contributed by atoms with van der Waals surface area (Å²) in [6.07, 6.45) is 0. The van der Waals surface area contributed by atoms with Crippen molar-refractivity contribution in [1.29, 1.82) is 0 Å². The van der Waals surface area contributed by atoms with Gasteiger partial charge in [0.05, 0.1) is 5.56 Å². The third kappa shape index (κ3) is 3.25. The fourth-order valence-corrected chi connectivity index (χ4v) is 3.35. The molecule has 4 nitrogen and oxygen atoms in total. The van der Waals surface area contributed by atoms with Crippen LogP contribution >= 0.6 is 22.9 Å². The van der Waals surface area contributed by atoms with Crippen molar-refractivity contribution in [2.75, 3.05) is 5.32 Å². The average molecular weight is 324 g/mol. The highest BCUT2D eigenvalue weighted by Crippen LogP contribution is 2.32. The van der Waals surface area contributed by atoms with Crippen LogP contribution < -0.4 is 5.32 Å². The predicted octanol–water partition coefficient (Wildman–Crippen LogP) is 4.28. The van der Waals surface area contributed by atoms with Gasteiger partial charge in [-0.05, 0) is 50.1 Å². The number of halogens is 1. The molecule has 1 amide bonds. The maximum Gasteiger partial charge on any atom is 0.338 e. The highest BCUT2D eigenvalue weighted by molar-refractivity contribution is 7.16. The van der Waals surface area contributed by atoms with Gasteiger partial charge in [0, 0.05) is 15.5 Å². The van der Waals surface area contributed by atoms with E-state index < -0.39 is 5.97 Å². The molecule has 0 aliphatic carbocycles. The first-order valence-electron chi connectivity index (χ1n) is 6.21. The van der Waals surface area contributed by atoms with Crippen LogP contribution in [0.3, 0.4) is 0 Å². The van der Waals surface area contributed by atoms with E-state index in [-0.39, 0.29) is 11.5 Å². The molecule has 0 saturated carbocycles. The van der Waals surface area contributed by atoms with Gasteiger partial charge in [-0.1, -0.05) is 11.6 Å². The van der Waals surface area contributed by atoms with Gasteiger partial charge in [0.1, 0.15) is 5.00 Å². The molecule has 21 heavy (non-hydrogen) atoms. The van der Waals surface area contributed by atoms with Gasteiger partial charge in [-0.2, -0.15) is 0 Å². The molecule has 2 rings (SSSR count). The van der Waals surface area contributed by atoms with Gasteiger partial charge in [-0.15, -0.1) is 11.3 Å². The van der Waals surface area contributed by atoms with Crippen molar-refractivity contribution >= 4 is 39.8 Å². The molecular weight excluding hydrogens is 310 g/mol. The molecule has 0 atom stereocenters. The molecule has 1 heterocycles. The molecule has 0 spiro atoms. The van der Waals surface area contributed by atoms with Crippen molar-refractivity contribution in [2.45, 2.75) is 20.8 Å². The van der Waals surface area contributed by atoms with Crippen molar-refractivity contribution in [3.63, 3.8) is 0 Å². The van der Waals surface area contributed by atoms with E-state index in [1.54, 1.807) is 25.1 Å². The van der Waals surface area contributed by atoms with Crippen LogP contribution in [0.15, 0.2) is 18.2 Å². The number of aromatic carboxylic acids is 1. The summed E-state index contributed by atoms with van der Waals surface area (Å²) in [6, 6.07) is 5.01. The lowest BCUT2D eigenvalue weighted by molar-refractivity contribution is 0.0697. The topological polar surface area (TPSA) is 66.4 Å². The predicted molar refractivity (Wildman–Crippen MR) is 84.9 cm³/mol. The zero-order valence-corrected chi connectivity index (χ0v) is 13.4. The van der Waals surface area contributed by atoms with Crippen LogP contribution in [0.1, 0.15) is 36.7 Å². The minimum Gasteiger partial charge on any atom is -0.478 e. The summed E-state index contributed by atoms with van der Waals surface area (Å²) in [6.45, 7) is 5.39. The van der Waals surface area contributed by atoms with Gasteiger partial charge in [0.25, 0.3) is 5.91 Å². The highest BCUT2D eigenvalue weighted by atomic mass is 35.5. The number of anilines is 1. The smallest absolute Gasteiger partial charge is 0.338 e. The van der Waals surface area contributed by atoms with Crippen LogP contribution in [0.5, 0.6) is 0 Å². The Balaban J connectivity index is 2.36. The molecule has 0 aliphatic rings. The van der Waals surface area contributed by atoms with Gasteiger partial charge in [0.2, 0.25) is 0 Å². The van der Waals surface area contributed by atoms with E-state index in [2.05, 4.69) is 5.32 Å². The number of hydrogen-bond acceptors (Lipinski definition) is 3. The number of nitrogens with one attached hydrogen (secondary N) is 1. The van der Waals surface area contributed by atoms with Crippen molar-refractivity contribution in [3.05, 3.63) is 50.4 Å². The minimum absolute atomic E-state index is 0.143. The lowest BCUT2D eigenvalue weighted by atomic mass is 10.1. The van der Waals surface area contributed by atoms with E-state index in [1.165, 1.54) is 11.3 Å². The number of carboxylic acid groups (broad SMARTS) is 1. The van der Waals surface area contributed by atoms with Gasteiger partial charge in [-0.25, -0.2) is 4.79 Å². The Labute approximate surface area is 131 Å². The Hall–Kier alpha value is -1.85. The molecular formula is C15H14ClNO3S. The Kier molecular flexibility index (Phi) is 4.34. The first kappa shape index (κ1) is 15.5. The molecule has 0 radical (unpaired) electrons. The third-order valence-corrected chi connectivity index (χ3v) is 4.47. The number of hydrogen-bond donors (Lipinski definition) is 2. The monoisotopic (exact) mass is 323 g/mol. The maximum atomic E-state index is 12.3. The van der Waals surface area contributed by atoms with Crippen LogP contribution in [0.4, 0.5) is 5.00 Å². The number of carboxylic acids is 1. The second-order valence-electron chi connectivity index (χ2n) is 4.76. The molecule has 1 aromatic heterocycles. The minimum atomic E-state index is -1.05. The Morgan fingerprint density at radius 2 is 1.86 bits per heavy atom. The summed E-state index contributed by atoms with van der Waals surface area (Å²) < 4.78 is 0. The molecule has 0 bridgehead atoms. The lowest BCUT2D eigenvalue weighted by Gasteiger charge is -2.06. The third-order valence-electron chi connectivity index (χ3n) is 3.13. The van der Waals surface area contributed by atoms with Crippen LogP contribution in [-0.2, 0) is 0 Å². The summed E-state index contributed by atoms with van der Waals surface area (Å²) in [4.78, 5) is 24.4. The Morgan fingerprint density at radius 3 is 2.43 bits per heavy atom. The normalized spacial score (nSPS) is 10.5. The lowest BCUT2D eigenvalue weighted by Crippen LogP contribution is -2.13. The largest absolute Gasteiger partial charge is 0.478 e. The first-order valence-corrected chi connectivity index (χ1v) is 7.41. The van der Waals surface area contributed by atoms with E-state index in [4.69, 9.17) is 11.6 Å². The van der Waals surface area contributed by atoms with E-state index in [9.17, 15) is 14.7 Å². The second kappa shape index (κ2) is 5.87. The number of rotatable bonds is 3. The molecule has 6 heteroatoms. The number of aryl methyl sites for hydroxylation is 2. The SMILES string of the molecule is Cc1cc(Cl)cc(C(=O)Nc2sc(C)c(C)c2C(=O)O)c1. The Bertz CT molecular complexity index is 717. The standard InChI is InChI=1S/C15H14ClNO3S/c1-7-4-10(6-11(16)5-7)13(18)17-14-12(15(19)20)8(2)9(3)21-14/h4-6H,1-3H3,(H,17,18)(H,19,20). The number of amides is 1. The summed E-state index contributed by atoms with van der Waals surface area (Å²) in [5, 5.41) is 12.7. The second-order valence-corrected chi connectivity index (χ2v) is 6.43. The fraction of sp³-hybridized carbons (Fsp3) is 0.200. The first-order chi connectivity index (χ1) is 9.79. The quantitative estimate of drug-likeness (QED) is 0.886.